The predicted octanol–water partition coefficient (Wildman–Crippen LogP) is 3.52. The van der Waals surface area contributed by atoms with Crippen molar-refractivity contribution in [3.8, 4) is 0 Å². The van der Waals surface area contributed by atoms with Crippen molar-refractivity contribution >= 4 is 23.0 Å². The fourth-order valence-electron chi connectivity index (χ4n) is 3.62. The number of hydrogen-bond donors (Lipinski definition) is 5. The molecule has 31 heavy (non-hydrogen) atoms. The number of carbonyl (C=O) groups excluding carboxylic acids is 1. The van der Waals surface area contributed by atoms with E-state index in [1.807, 2.05) is 42.5 Å². The van der Waals surface area contributed by atoms with Crippen LogP contribution in [0.15, 0.2) is 60.7 Å². The number of carbonyl (C=O) groups is 1. The van der Waals surface area contributed by atoms with Gasteiger partial charge in [0.05, 0.1) is 23.5 Å². The highest BCUT2D eigenvalue weighted by Crippen LogP contribution is 2.31. The first-order valence-electron chi connectivity index (χ1n) is 9.93. The Hall–Kier alpha value is -3.65. The SMILES string of the molecule is NNc1ccccc1CC1Nc2ccc(CC(=O)NCc3ccc(F)c(F)c3)cc2N1. The van der Waals surface area contributed by atoms with Crippen molar-refractivity contribution < 1.29 is 13.6 Å². The topological polar surface area (TPSA) is 91.2 Å². The van der Waals surface area contributed by atoms with Gasteiger partial charge in [-0.05, 0) is 47.0 Å². The number of anilines is 3. The number of benzene rings is 3. The lowest BCUT2D eigenvalue weighted by molar-refractivity contribution is -0.120. The van der Waals surface area contributed by atoms with E-state index < -0.39 is 11.6 Å². The van der Waals surface area contributed by atoms with Crippen molar-refractivity contribution in [2.24, 2.45) is 5.84 Å². The van der Waals surface area contributed by atoms with Crippen molar-refractivity contribution in [2.45, 2.75) is 25.6 Å². The lowest BCUT2D eigenvalue weighted by Crippen LogP contribution is -2.25. The number of nitrogens with two attached hydrogens (primary N) is 1. The largest absolute Gasteiger partial charge is 0.363 e. The summed E-state index contributed by atoms with van der Waals surface area (Å²) >= 11 is 0. The van der Waals surface area contributed by atoms with E-state index in [9.17, 15) is 13.6 Å². The van der Waals surface area contributed by atoms with E-state index in [0.29, 0.717) is 5.56 Å². The number of nitrogen functional groups attached to an aromatic ring is 1. The maximum absolute atomic E-state index is 13.3. The minimum atomic E-state index is -0.927. The van der Waals surface area contributed by atoms with Crippen LogP contribution in [-0.4, -0.2) is 12.1 Å². The summed E-state index contributed by atoms with van der Waals surface area (Å²) in [5, 5.41) is 9.59. The van der Waals surface area contributed by atoms with Crippen molar-refractivity contribution in [3.05, 3.63) is 89.0 Å². The Bertz CT molecular complexity index is 1110. The van der Waals surface area contributed by atoms with Gasteiger partial charge in [-0.2, -0.15) is 0 Å². The number of rotatable bonds is 7. The lowest BCUT2D eigenvalue weighted by atomic mass is 10.1. The predicted molar refractivity (Wildman–Crippen MR) is 117 cm³/mol. The number of hydrogen-bond acceptors (Lipinski definition) is 5. The minimum absolute atomic E-state index is 0.00180. The Labute approximate surface area is 178 Å². The van der Waals surface area contributed by atoms with Gasteiger partial charge in [0.15, 0.2) is 11.6 Å². The van der Waals surface area contributed by atoms with E-state index in [4.69, 9.17) is 5.84 Å². The Morgan fingerprint density at radius 1 is 0.935 bits per heavy atom. The molecule has 0 saturated carbocycles. The molecule has 1 unspecified atom stereocenters. The molecule has 0 spiro atoms. The molecule has 6 nitrogen and oxygen atoms in total. The molecule has 0 radical (unpaired) electrons. The zero-order valence-electron chi connectivity index (χ0n) is 16.7. The van der Waals surface area contributed by atoms with Crippen LogP contribution in [-0.2, 0) is 24.2 Å². The van der Waals surface area contributed by atoms with Crippen LogP contribution in [0.3, 0.4) is 0 Å². The molecule has 8 heteroatoms. The molecule has 3 aromatic rings. The number of hydrazine groups is 1. The van der Waals surface area contributed by atoms with Crippen LogP contribution >= 0.6 is 0 Å². The summed E-state index contributed by atoms with van der Waals surface area (Å²) in [4.78, 5) is 12.3. The van der Waals surface area contributed by atoms with Gasteiger partial charge in [-0.3, -0.25) is 10.6 Å². The standard InChI is InChI=1S/C23H23F2N5O/c24-17-7-5-15(9-18(17)25)13-27-23(31)11-14-6-8-20-21(10-14)29-22(28-20)12-16-3-1-2-4-19(16)30-26/h1-10,22,28-30H,11-13,26H2,(H,27,31). The van der Waals surface area contributed by atoms with Crippen molar-refractivity contribution in [2.75, 3.05) is 16.1 Å². The van der Waals surface area contributed by atoms with E-state index in [0.717, 1.165) is 46.7 Å². The van der Waals surface area contributed by atoms with Gasteiger partial charge in [-0.15, -0.1) is 0 Å². The first-order valence-corrected chi connectivity index (χ1v) is 9.93. The lowest BCUT2D eigenvalue weighted by Gasteiger charge is -2.15. The summed E-state index contributed by atoms with van der Waals surface area (Å²) in [5.41, 5.74) is 7.91. The normalized spacial score (nSPS) is 14.4. The second kappa shape index (κ2) is 9.01. The van der Waals surface area contributed by atoms with E-state index in [1.54, 1.807) is 0 Å². The third-order valence-corrected chi connectivity index (χ3v) is 5.18. The van der Waals surface area contributed by atoms with Crippen LogP contribution in [0.2, 0.25) is 0 Å². The maximum atomic E-state index is 13.3. The smallest absolute Gasteiger partial charge is 0.224 e. The van der Waals surface area contributed by atoms with Crippen LogP contribution in [0.25, 0.3) is 0 Å². The third-order valence-electron chi connectivity index (χ3n) is 5.18. The van der Waals surface area contributed by atoms with Gasteiger partial charge in [0.1, 0.15) is 6.17 Å². The first kappa shape index (κ1) is 20.6. The highest BCUT2D eigenvalue weighted by atomic mass is 19.2. The molecule has 3 aromatic carbocycles. The molecule has 1 amide bonds. The quantitative estimate of drug-likeness (QED) is 0.296. The Balaban J connectivity index is 1.34. The number of fused-ring (bicyclic) bond motifs is 1. The van der Waals surface area contributed by atoms with Crippen LogP contribution in [0.5, 0.6) is 0 Å². The highest BCUT2D eigenvalue weighted by Gasteiger charge is 2.21. The average Bonchev–Trinajstić information content (AvgIpc) is 3.16. The van der Waals surface area contributed by atoms with Gasteiger partial charge >= 0.3 is 0 Å². The van der Waals surface area contributed by atoms with Crippen LogP contribution < -0.4 is 27.2 Å². The van der Waals surface area contributed by atoms with E-state index in [1.165, 1.54) is 6.07 Å². The molecule has 4 rings (SSSR count). The van der Waals surface area contributed by atoms with Crippen LogP contribution in [0.1, 0.15) is 16.7 Å². The maximum Gasteiger partial charge on any atom is 0.224 e. The zero-order chi connectivity index (χ0) is 21.8. The molecule has 0 aromatic heterocycles. The average molecular weight is 423 g/mol. The molecular formula is C23H23F2N5O. The third kappa shape index (κ3) is 4.92. The first-order chi connectivity index (χ1) is 15.0. The molecule has 1 heterocycles. The Morgan fingerprint density at radius 2 is 1.71 bits per heavy atom. The Kier molecular flexibility index (Phi) is 5.99. The minimum Gasteiger partial charge on any atom is -0.363 e. The van der Waals surface area contributed by atoms with Gasteiger partial charge in [0.25, 0.3) is 0 Å². The molecule has 0 aliphatic carbocycles. The van der Waals surface area contributed by atoms with E-state index in [-0.39, 0.29) is 25.0 Å². The number of para-hydroxylation sites is 1. The molecule has 1 aliphatic rings. The second-order valence-corrected chi connectivity index (χ2v) is 7.43. The zero-order valence-corrected chi connectivity index (χ0v) is 16.7. The van der Waals surface area contributed by atoms with Crippen molar-refractivity contribution in [3.63, 3.8) is 0 Å². The second-order valence-electron chi connectivity index (χ2n) is 7.43. The molecule has 0 saturated heterocycles. The van der Waals surface area contributed by atoms with E-state index in [2.05, 4.69) is 21.4 Å². The summed E-state index contributed by atoms with van der Waals surface area (Å²) in [6, 6.07) is 17.2. The molecule has 160 valence electrons. The fourth-order valence-corrected chi connectivity index (χ4v) is 3.62. The summed E-state index contributed by atoms with van der Waals surface area (Å²) in [6.45, 7) is 0.136. The van der Waals surface area contributed by atoms with Gasteiger partial charge in [0.2, 0.25) is 5.91 Å². The van der Waals surface area contributed by atoms with Gasteiger partial charge in [0, 0.05) is 13.0 Å². The van der Waals surface area contributed by atoms with Crippen LogP contribution in [0, 0.1) is 11.6 Å². The summed E-state index contributed by atoms with van der Waals surface area (Å²) in [6.07, 6.45) is 0.907. The molecule has 0 bridgehead atoms. The molecule has 0 fully saturated rings. The van der Waals surface area contributed by atoms with Gasteiger partial charge in [-0.1, -0.05) is 30.3 Å². The summed E-state index contributed by atoms with van der Waals surface area (Å²) in [5.74, 6) is 3.55. The number of amides is 1. The Morgan fingerprint density at radius 3 is 2.52 bits per heavy atom. The molecule has 1 aliphatic heterocycles. The molecular weight excluding hydrogens is 400 g/mol. The molecule has 6 N–H and O–H groups in total. The number of halogens is 2. The van der Waals surface area contributed by atoms with E-state index >= 15 is 0 Å². The highest BCUT2D eigenvalue weighted by molar-refractivity contribution is 5.81. The number of nitrogens with one attached hydrogen (secondary N) is 4. The summed E-state index contributed by atoms with van der Waals surface area (Å²) < 4.78 is 26.3. The summed E-state index contributed by atoms with van der Waals surface area (Å²) in [7, 11) is 0. The van der Waals surface area contributed by atoms with Gasteiger partial charge < -0.3 is 21.4 Å². The monoisotopic (exact) mass is 423 g/mol. The van der Waals surface area contributed by atoms with Crippen LogP contribution in [0.4, 0.5) is 25.8 Å². The van der Waals surface area contributed by atoms with Crippen molar-refractivity contribution in [1.82, 2.24) is 5.32 Å². The van der Waals surface area contributed by atoms with Gasteiger partial charge in [-0.25, -0.2) is 8.78 Å². The van der Waals surface area contributed by atoms with Crippen molar-refractivity contribution in [1.29, 1.82) is 0 Å². The molecule has 1 atom stereocenters. The fraction of sp³-hybridized carbons (Fsp3) is 0.174.